The van der Waals surface area contributed by atoms with Gasteiger partial charge in [-0.1, -0.05) is 0 Å². The van der Waals surface area contributed by atoms with Crippen LogP contribution in [-0.4, -0.2) is 48.5 Å². The molecule has 0 aliphatic carbocycles. The average molecular weight is 375 g/mol. The summed E-state index contributed by atoms with van der Waals surface area (Å²) in [5.41, 5.74) is 1.91. The van der Waals surface area contributed by atoms with E-state index in [4.69, 9.17) is 4.74 Å². The highest BCUT2D eigenvalue weighted by atomic mass is 16.6. The molecule has 2 aliphatic heterocycles. The fourth-order valence-electron chi connectivity index (χ4n) is 2.92. The Hall–Kier alpha value is -2.57. The van der Waals surface area contributed by atoms with Crippen LogP contribution in [0.1, 0.15) is 56.0 Å². The molecule has 1 saturated heterocycles. The van der Waals surface area contributed by atoms with Crippen molar-refractivity contribution in [2.45, 2.75) is 52.1 Å². The van der Waals surface area contributed by atoms with Gasteiger partial charge in [-0.25, -0.2) is 4.79 Å². The highest BCUT2D eigenvalue weighted by Crippen LogP contribution is 2.23. The molecule has 1 fully saturated rings. The van der Waals surface area contributed by atoms with E-state index in [-0.39, 0.29) is 23.5 Å². The molecular weight excluding hydrogens is 346 g/mol. The van der Waals surface area contributed by atoms with Crippen molar-refractivity contribution in [1.82, 2.24) is 10.2 Å². The summed E-state index contributed by atoms with van der Waals surface area (Å²) >= 11 is 0. The first kappa shape index (κ1) is 20.7. The van der Waals surface area contributed by atoms with E-state index in [9.17, 15) is 14.4 Å². The van der Waals surface area contributed by atoms with Gasteiger partial charge in [0.25, 0.3) is 5.91 Å². The third-order valence-electron chi connectivity index (χ3n) is 4.23. The predicted molar refractivity (Wildman–Crippen MR) is 104 cm³/mol. The number of carbonyl (C=O) groups is 3. The van der Waals surface area contributed by atoms with Crippen LogP contribution in [0.4, 0.5) is 10.5 Å². The number of nitrogens with zero attached hydrogens (tertiary/aromatic N) is 1. The number of ether oxygens (including phenoxy) is 1. The molecule has 3 amide bonds. The number of nitrogens with one attached hydrogen (secondary N) is 2. The van der Waals surface area contributed by atoms with Crippen molar-refractivity contribution in [3.63, 3.8) is 0 Å². The van der Waals surface area contributed by atoms with E-state index in [1.54, 1.807) is 30.1 Å². The lowest BCUT2D eigenvalue weighted by Crippen LogP contribution is -2.39. The molecule has 0 spiro atoms. The molecule has 148 valence electrons. The van der Waals surface area contributed by atoms with E-state index in [0.29, 0.717) is 12.0 Å². The molecule has 2 N–H and O–H groups in total. The summed E-state index contributed by atoms with van der Waals surface area (Å²) in [5, 5.41) is 5.25. The van der Waals surface area contributed by atoms with Crippen LogP contribution in [0.15, 0.2) is 18.2 Å². The van der Waals surface area contributed by atoms with Crippen molar-refractivity contribution < 1.29 is 19.1 Å². The highest BCUT2D eigenvalue weighted by molar-refractivity contribution is 6.01. The lowest BCUT2D eigenvalue weighted by molar-refractivity contribution is -0.115. The van der Waals surface area contributed by atoms with Crippen LogP contribution in [0.25, 0.3) is 0 Å². The molecule has 1 aromatic rings. The van der Waals surface area contributed by atoms with E-state index in [1.807, 2.05) is 20.8 Å². The first-order valence-electron chi connectivity index (χ1n) is 9.32. The Bertz CT molecular complexity index is 704. The lowest BCUT2D eigenvalue weighted by atomic mass is 10.1. The van der Waals surface area contributed by atoms with Crippen molar-refractivity contribution in [1.29, 1.82) is 0 Å². The minimum atomic E-state index is -0.367. The number of rotatable bonds is 1. The number of carbonyl (C=O) groups excluding carboxylic acids is 3. The van der Waals surface area contributed by atoms with Crippen molar-refractivity contribution >= 4 is 23.6 Å². The Balaban J connectivity index is 0.000000194. The molecule has 0 radical (unpaired) electrons. The van der Waals surface area contributed by atoms with Crippen molar-refractivity contribution in [2.24, 2.45) is 0 Å². The summed E-state index contributed by atoms with van der Waals surface area (Å²) in [7, 11) is 1.58. The molecular formula is C20H29N3O4. The van der Waals surface area contributed by atoms with Gasteiger partial charge in [-0.05, 0) is 63.8 Å². The van der Waals surface area contributed by atoms with Crippen molar-refractivity contribution in [3.05, 3.63) is 29.3 Å². The molecule has 2 heterocycles. The van der Waals surface area contributed by atoms with Crippen LogP contribution in [0, 0.1) is 0 Å². The smallest absolute Gasteiger partial charge is 0.410 e. The second kappa shape index (κ2) is 8.88. The zero-order valence-corrected chi connectivity index (χ0v) is 16.6. The van der Waals surface area contributed by atoms with Gasteiger partial charge in [-0.3, -0.25) is 9.59 Å². The number of benzene rings is 1. The summed E-state index contributed by atoms with van der Waals surface area (Å²) in [4.78, 5) is 35.6. The quantitative estimate of drug-likeness (QED) is 0.790. The molecule has 0 bridgehead atoms. The maximum absolute atomic E-state index is 11.5. The van der Waals surface area contributed by atoms with Gasteiger partial charge in [-0.2, -0.15) is 0 Å². The molecule has 1 aromatic carbocycles. The van der Waals surface area contributed by atoms with Crippen molar-refractivity contribution in [2.75, 3.05) is 25.5 Å². The number of hydrogen-bond donors (Lipinski definition) is 2. The Labute approximate surface area is 160 Å². The van der Waals surface area contributed by atoms with E-state index in [0.717, 1.165) is 37.2 Å². The summed E-state index contributed by atoms with van der Waals surface area (Å²) in [6.45, 7) is 7.41. The number of likely N-dealkylation sites (tertiary alicyclic amines) is 1. The molecule has 2 aliphatic rings. The number of hydrogen-bond acceptors (Lipinski definition) is 4. The van der Waals surface area contributed by atoms with Crippen molar-refractivity contribution in [3.8, 4) is 0 Å². The molecule has 0 saturated carbocycles. The van der Waals surface area contributed by atoms with Gasteiger partial charge in [0, 0.05) is 31.4 Å². The molecule has 27 heavy (non-hydrogen) atoms. The first-order valence-corrected chi connectivity index (χ1v) is 9.32. The summed E-state index contributed by atoms with van der Waals surface area (Å²) < 4.78 is 5.26. The summed E-state index contributed by atoms with van der Waals surface area (Å²) in [6.07, 6.45) is 3.66. The molecule has 7 nitrogen and oxygen atoms in total. The van der Waals surface area contributed by atoms with Gasteiger partial charge in [0.15, 0.2) is 0 Å². The van der Waals surface area contributed by atoms with Crippen LogP contribution >= 0.6 is 0 Å². The van der Waals surface area contributed by atoms with Crippen LogP contribution in [0.2, 0.25) is 0 Å². The zero-order chi connectivity index (χ0) is 20.0. The molecule has 0 aromatic heterocycles. The van der Waals surface area contributed by atoms with Crippen LogP contribution < -0.4 is 10.6 Å². The van der Waals surface area contributed by atoms with Gasteiger partial charge in [-0.15, -0.1) is 0 Å². The number of anilines is 1. The Kier molecular flexibility index (Phi) is 6.82. The van der Waals surface area contributed by atoms with Gasteiger partial charge >= 0.3 is 6.09 Å². The maximum Gasteiger partial charge on any atom is 0.410 e. The van der Waals surface area contributed by atoms with E-state index >= 15 is 0 Å². The monoisotopic (exact) mass is 375 g/mol. The number of fused-ring (bicyclic) bond motifs is 1. The number of piperidine rings is 1. The van der Waals surface area contributed by atoms with Crippen LogP contribution in [0.3, 0.4) is 0 Å². The average Bonchev–Trinajstić information content (AvgIpc) is 3.00. The van der Waals surface area contributed by atoms with Crippen LogP contribution in [-0.2, 0) is 16.0 Å². The maximum atomic E-state index is 11.5. The zero-order valence-electron chi connectivity index (χ0n) is 16.6. The van der Waals surface area contributed by atoms with E-state index in [1.165, 1.54) is 6.42 Å². The van der Waals surface area contributed by atoms with Gasteiger partial charge in [0.05, 0.1) is 6.42 Å². The standard InChI is InChI=1S/C10H10N2O2.C10H19NO2/c1-11-10(14)6-2-3-8-7(4-6)5-9(13)12-8;1-10(2,3)13-9(12)11-7-5-4-6-8-11/h2-4H,5H2,1H3,(H,11,14)(H,12,13);4-8H2,1-3H3. The predicted octanol–water partition coefficient (Wildman–Crippen LogP) is 2.95. The third-order valence-corrected chi connectivity index (χ3v) is 4.23. The highest BCUT2D eigenvalue weighted by Gasteiger charge is 2.23. The third kappa shape index (κ3) is 6.27. The topological polar surface area (TPSA) is 87.7 Å². The summed E-state index contributed by atoms with van der Waals surface area (Å²) in [5.74, 6) is -0.152. The fourth-order valence-corrected chi connectivity index (χ4v) is 2.92. The Morgan fingerprint density at radius 2 is 1.81 bits per heavy atom. The number of amides is 3. The van der Waals surface area contributed by atoms with Gasteiger partial charge in [0.2, 0.25) is 5.91 Å². The van der Waals surface area contributed by atoms with Gasteiger partial charge in [0.1, 0.15) is 5.60 Å². The fraction of sp³-hybridized carbons (Fsp3) is 0.550. The second-order valence-electron chi connectivity index (χ2n) is 7.70. The SMILES string of the molecule is CC(C)(C)OC(=O)N1CCCCC1.CNC(=O)c1ccc2c(c1)CC(=O)N2. The second-order valence-corrected chi connectivity index (χ2v) is 7.70. The van der Waals surface area contributed by atoms with Crippen LogP contribution in [0.5, 0.6) is 0 Å². The lowest BCUT2D eigenvalue weighted by Gasteiger charge is -2.29. The Morgan fingerprint density at radius 1 is 1.15 bits per heavy atom. The molecule has 7 heteroatoms. The van der Waals surface area contributed by atoms with E-state index in [2.05, 4.69) is 10.6 Å². The molecule has 0 unspecified atom stereocenters. The van der Waals surface area contributed by atoms with Gasteiger partial charge < -0.3 is 20.3 Å². The summed E-state index contributed by atoms with van der Waals surface area (Å²) in [6, 6.07) is 5.19. The minimum absolute atomic E-state index is 0.0194. The molecule has 3 rings (SSSR count). The first-order chi connectivity index (χ1) is 12.7. The normalized spacial score (nSPS) is 15.9. The van der Waals surface area contributed by atoms with E-state index < -0.39 is 0 Å². The molecule has 0 atom stereocenters. The largest absolute Gasteiger partial charge is 0.444 e. The minimum Gasteiger partial charge on any atom is -0.444 e. The Morgan fingerprint density at radius 3 is 2.41 bits per heavy atom.